The fraction of sp³-hybridized carbons (Fsp3) is 0.462. The summed E-state index contributed by atoms with van der Waals surface area (Å²) in [5.74, 6) is 0.163. The summed E-state index contributed by atoms with van der Waals surface area (Å²) >= 11 is 0. The summed E-state index contributed by atoms with van der Waals surface area (Å²) in [6.45, 7) is 2.59. The van der Waals surface area contributed by atoms with Gasteiger partial charge in [-0.2, -0.15) is 0 Å². The predicted octanol–water partition coefficient (Wildman–Crippen LogP) is 2.30. The summed E-state index contributed by atoms with van der Waals surface area (Å²) in [6.07, 6.45) is 2.60. The van der Waals surface area contributed by atoms with Crippen LogP contribution in [-0.2, 0) is 11.3 Å². The van der Waals surface area contributed by atoms with E-state index < -0.39 is 0 Å². The van der Waals surface area contributed by atoms with Gasteiger partial charge in [0, 0.05) is 25.7 Å². The number of anilines is 1. The van der Waals surface area contributed by atoms with Crippen molar-refractivity contribution < 1.29 is 4.79 Å². The molecule has 0 radical (unpaired) electrons. The zero-order valence-corrected chi connectivity index (χ0v) is 10.1. The van der Waals surface area contributed by atoms with E-state index in [1.807, 2.05) is 31.3 Å². The van der Waals surface area contributed by atoms with Gasteiger partial charge in [-0.1, -0.05) is 25.5 Å². The van der Waals surface area contributed by atoms with Crippen LogP contribution in [0.5, 0.6) is 0 Å². The summed E-state index contributed by atoms with van der Waals surface area (Å²) in [6, 6.07) is 7.79. The highest BCUT2D eigenvalue weighted by atomic mass is 16.2. The van der Waals surface area contributed by atoms with Crippen molar-refractivity contribution in [3.8, 4) is 0 Å². The van der Waals surface area contributed by atoms with Gasteiger partial charge < -0.3 is 10.6 Å². The van der Waals surface area contributed by atoms with Gasteiger partial charge in [-0.05, 0) is 24.1 Å². The van der Waals surface area contributed by atoms with Gasteiger partial charge in [0.1, 0.15) is 0 Å². The standard InChI is InChI=1S/C13H20N2O/c1-3-4-8-13(16)15(2)12-7-5-6-11(9-12)10-14/h5-7,9H,3-4,8,10,14H2,1-2H3. The van der Waals surface area contributed by atoms with Crippen LogP contribution in [0.25, 0.3) is 0 Å². The van der Waals surface area contributed by atoms with Crippen LogP contribution >= 0.6 is 0 Å². The van der Waals surface area contributed by atoms with Gasteiger partial charge >= 0.3 is 0 Å². The lowest BCUT2D eigenvalue weighted by molar-refractivity contribution is -0.118. The van der Waals surface area contributed by atoms with Crippen LogP contribution in [0.1, 0.15) is 31.7 Å². The molecule has 16 heavy (non-hydrogen) atoms. The fourth-order valence-electron chi connectivity index (χ4n) is 1.53. The van der Waals surface area contributed by atoms with Crippen LogP contribution in [0.2, 0.25) is 0 Å². The average molecular weight is 220 g/mol. The lowest BCUT2D eigenvalue weighted by Crippen LogP contribution is -2.25. The van der Waals surface area contributed by atoms with Gasteiger partial charge in [-0.25, -0.2) is 0 Å². The third kappa shape index (κ3) is 3.35. The maximum atomic E-state index is 11.8. The van der Waals surface area contributed by atoms with E-state index in [1.165, 1.54) is 0 Å². The van der Waals surface area contributed by atoms with E-state index in [2.05, 4.69) is 6.92 Å². The molecule has 3 heteroatoms. The Labute approximate surface area is 97.2 Å². The lowest BCUT2D eigenvalue weighted by atomic mass is 10.1. The largest absolute Gasteiger partial charge is 0.326 e. The summed E-state index contributed by atoms with van der Waals surface area (Å²) < 4.78 is 0. The molecular formula is C13H20N2O. The van der Waals surface area contributed by atoms with Crippen molar-refractivity contribution in [1.82, 2.24) is 0 Å². The highest BCUT2D eigenvalue weighted by Gasteiger charge is 2.09. The first kappa shape index (κ1) is 12.7. The molecule has 3 nitrogen and oxygen atoms in total. The van der Waals surface area contributed by atoms with Crippen molar-refractivity contribution in [2.75, 3.05) is 11.9 Å². The van der Waals surface area contributed by atoms with E-state index in [4.69, 9.17) is 5.73 Å². The molecule has 0 heterocycles. The van der Waals surface area contributed by atoms with Crippen LogP contribution in [-0.4, -0.2) is 13.0 Å². The minimum Gasteiger partial charge on any atom is -0.326 e. The Hall–Kier alpha value is -1.35. The summed E-state index contributed by atoms with van der Waals surface area (Å²) in [5.41, 5.74) is 7.54. The highest BCUT2D eigenvalue weighted by Crippen LogP contribution is 2.16. The Balaban J connectivity index is 2.71. The number of hydrogen-bond donors (Lipinski definition) is 1. The summed E-state index contributed by atoms with van der Waals surface area (Å²) in [5, 5.41) is 0. The third-order valence-electron chi connectivity index (χ3n) is 2.65. The van der Waals surface area contributed by atoms with Crippen molar-refractivity contribution in [3.05, 3.63) is 29.8 Å². The van der Waals surface area contributed by atoms with E-state index in [0.717, 1.165) is 24.1 Å². The van der Waals surface area contributed by atoms with Crippen molar-refractivity contribution in [3.63, 3.8) is 0 Å². The number of nitrogens with zero attached hydrogens (tertiary/aromatic N) is 1. The Morgan fingerprint density at radius 1 is 1.44 bits per heavy atom. The van der Waals surface area contributed by atoms with Crippen molar-refractivity contribution in [1.29, 1.82) is 0 Å². The second-order valence-electron chi connectivity index (χ2n) is 3.93. The topological polar surface area (TPSA) is 46.3 Å². The Kier molecular flexibility index (Phi) is 4.99. The van der Waals surface area contributed by atoms with Crippen molar-refractivity contribution in [2.24, 2.45) is 5.73 Å². The number of unbranched alkanes of at least 4 members (excludes halogenated alkanes) is 1. The number of benzene rings is 1. The van der Waals surface area contributed by atoms with Gasteiger partial charge in [-0.15, -0.1) is 0 Å². The normalized spacial score (nSPS) is 10.2. The molecule has 1 rings (SSSR count). The molecule has 1 amide bonds. The molecule has 0 saturated heterocycles. The molecule has 0 fully saturated rings. The second kappa shape index (κ2) is 6.28. The van der Waals surface area contributed by atoms with Gasteiger partial charge in [0.2, 0.25) is 5.91 Å². The fourth-order valence-corrected chi connectivity index (χ4v) is 1.53. The maximum absolute atomic E-state index is 11.8. The smallest absolute Gasteiger partial charge is 0.226 e. The van der Waals surface area contributed by atoms with Crippen LogP contribution in [0.15, 0.2) is 24.3 Å². The van der Waals surface area contributed by atoms with Gasteiger partial charge in [0.25, 0.3) is 0 Å². The zero-order valence-electron chi connectivity index (χ0n) is 10.1. The Morgan fingerprint density at radius 2 is 2.19 bits per heavy atom. The number of carbonyl (C=O) groups excluding carboxylic acids is 1. The summed E-state index contributed by atoms with van der Waals surface area (Å²) in [7, 11) is 1.81. The minimum atomic E-state index is 0.163. The SMILES string of the molecule is CCCCC(=O)N(C)c1cccc(CN)c1. The van der Waals surface area contributed by atoms with E-state index in [1.54, 1.807) is 4.90 Å². The zero-order chi connectivity index (χ0) is 12.0. The van der Waals surface area contributed by atoms with Crippen LogP contribution in [0.3, 0.4) is 0 Å². The number of amides is 1. The molecule has 0 bridgehead atoms. The molecule has 0 unspecified atom stereocenters. The molecular weight excluding hydrogens is 200 g/mol. The van der Waals surface area contributed by atoms with Crippen molar-refractivity contribution >= 4 is 11.6 Å². The Morgan fingerprint density at radius 3 is 2.81 bits per heavy atom. The minimum absolute atomic E-state index is 0.163. The van der Waals surface area contributed by atoms with Crippen molar-refractivity contribution in [2.45, 2.75) is 32.7 Å². The van der Waals surface area contributed by atoms with E-state index >= 15 is 0 Å². The van der Waals surface area contributed by atoms with Crippen LogP contribution in [0.4, 0.5) is 5.69 Å². The molecule has 0 aromatic heterocycles. The molecule has 0 aliphatic rings. The average Bonchev–Trinajstić information content (AvgIpc) is 2.35. The number of rotatable bonds is 5. The highest BCUT2D eigenvalue weighted by molar-refractivity contribution is 5.92. The quantitative estimate of drug-likeness (QED) is 0.827. The molecule has 2 N–H and O–H groups in total. The monoisotopic (exact) mass is 220 g/mol. The molecule has 88 valence electrons. The van der Waals surface area contributed by atoms with E-state index in [0.29, 0.717) is 13.0 Å². The van der Waals surface area contributed by atoms with E-state index in [9.17, 15) is 4.79 Å². The molecule has 1 aromatic carbocycles. The van der Waals surface area contributed by atoms with Gasteiger partial charge in [-0.3, -0.25) is 4.79 Å². The maximum Gasteiger partial charge on any atom is 0.226 e. The van der Waals surface area contributed by atoms with E-state index in [-0.39, 0.29) is 5.91 Å². The summed E-state index contributed by atoms with van der Waals surface area (Å²) in [4.78, 5) is 13.5. The first-order valence-corrected chi connectivity index (χ1v) is 5.74. The van der Waals surface area contributed by atoms with Gasteiger partial charge in [0.15, 0.2) is 0 Å². The molecule has 0 aliphatic heterocycles. The third-order valence-corrected chi connectivity index (χ3v) is 2.65. The van der Waals surface area contributed by atoms with Crippen LogP contribution in [0, 0.1) is 0 Å². The first-order chi connectivity index (χ1) is 7.69. The number of carbonyl (C=O) groups is 1. The molecule has 0 aliphatic carbocycles. The number of nitrogens with two attached hydrogens (primary N) is 1. The molecule has 0 saturated carbocycles. The number of hydrogen-bond acceptors (Lipinski definition) is 2. The molecule has 0 spiro atoms. The molecule has 1 aromatic rings. The Bertz CT molecular complexity index is 350. The van der Waals surface area contributed by atoms with Gasteiger partial charge in [0.05, 0.1) is 0 Å². The first-order valence-electron chi connectivity index (χ1n) is 5.74. The lowest BCUT2D eigenvalue weighted by Gasteiger charge is -2.17. The molecule has 0 atom stereocenters. The predicted molar refractivity (Wildman–Crippen MR) is 67.3 cm³/mol. The second-order valence-corrected chi connectivity index (χ2v) is 3.93. The van der Waals surface area contributed by atoms with Crippen LogP contribution < -0.4 is 10.6 Å².